The van der Waals surface area contributed by atoms with Crippen molar-refractivity contribution < 1.29 is 29.6 Å². The number of phenols is 2. The second kappa shape index (κ2) is 13.4. The summed E-state index contributed by atoms with van der Waals surface area (Å²) in [6, 6.07) is 17.9. The maximum Gasteiger partial charge on any atom is 0.413 e. The Balaban J connectivity index is 0.000000184. The number of carboxylic acids is 1. The molecule has 6 atom stereocenters. The minimum atomic E-state index is -0.641. The van der Waals surface area contributed by atoms with Gasteiger partial charge in [0, 0.05) is 15.2 Å². The zero-order valence-electron chi connectivity index (χ0n) is 32.4. The molecular weight excluding hydrogens is 699 g/mol. The SMILES string of the molecule is COC(=O)Nc1nc2ccc(Sc3ccccc3)cc2[nH]1.Cc1c(O)c(O)cc2c1CC=C1C2(C)CCC2(C)C3CC(C)(C(=O)O)CCC3(C)CCC12C. The molecule has 0 aliphatic heterocycles. The van der Waals surface area contributed by atoms with Crippen LogP contribution in [0.5, 0.6) is 11.5 Å². The van der Waals surface area contributed by atoms with Crippen LogP contribution in [-0.2, 0) is 21.4 Å². The lowest BCUT2D eigenvalue weighted by atomic mass is 9.34. The van der Waals surface area contributed by atoms with Gasteiger partial charge in [0.1, 0.15) is 0 Å². The third-order valence-corrected chi connectivity index (χ3v) is 15.4. The van der Waals surface area contributed by atoms with Crippen LogP contribution < -0.4 is 5.32 Å². The summed E-state index contributed by atoms with van der Waals surface area (Å²) in [7, 11) is 1.31. The quantitative estimate of drug-likeness (QED) is 0.102. The van der Waals surface area contributed by atoms with Crippen molar-refractivity contribution in [1.82, 2.24) is 9.97 Å². The van der Waals surface area contributed by atoms with Crippen molar-refractivity contribution in [3.63, 3.8) is 0 Å². The van der Waals surface area contributed by atoms with Crippen molar-refractivity contribution in [1.29, 1.82) is 0 Å². The molecule has 0 saturated heterocycles. The zero-order valence-corrected chi connectivity index (χ0v) is 33.2. The summed E-state index contributed by atoms with van der Waals surface area (Å²) in [5.74, 6) is 0.0920. The van der Waals surface area contributed by atoms with Crippen molar-refractivity contribution in [2.75, 3.05) is 12.4 Å². The van der Waals surface area contributed by atoms with Crippen LogP contribution in [0.1, 0.15) is 96.3 Å². The second-order valence-corrected chi connectivity index (χ2v) is 18.5. The van der Waals surface area contributed by atoms with Gasteiger partial charge in [-0.3, -0.25) is 10.1 Å². The minimum Gasteiger partial charge on any atom is -0.504 e. The van der Waals surface area contributed by atoms with Crippen LogP contribution in [0.4, 0.5) is 10.7 Å². The van der Waals surface area contributed by atoms with Gasteiger partial charge in [-0.2, -0.15) is 0 Å². The predicted octanol–water partition coefficient (Wildman–Crippen LogP) is 10.5. The molecule has 0 bridgehead atoms. The number of aromatic hydroxyl groups is 2. The molecule has 5 N–H and O–H groups in total. The summed E-state index contributed by atoms with van der Waals surface area (Å²) in [5.41, 5.74) is 5.66. The number of hydrogen-bond acceptors (Lipinski definition) is 7. The Kier molecular flexibility index (Phi) is 9.39. The van der Waals surface area contributed by atoms with E-state index in [1.807, 2.05) is 56.3 Å². The number of allylic oxidation sites excluding steroid dienone is 2. The van der Waals surface area contributed by atoms with E-state index in [1.54, 1.807) is 11.8 Å². The number of aromatic amines is 1. The number of amides is 1. The van der Waals surface area contributed by atoms with Crippen LogP contribution in [0.2, 0.25) is 0 Å². The molecule has 4 aliphatic carbocycles. The Bertz CT molecular complexity index is 2170. The number of methoxy groups -OCH3 is 1. The van der Waals surface area contributed by atoms with Crippen LogP contribution >= 0.6 is 11.8 Å². The zero-order chi connectivity index (χ0) is 38.8. The lowest BCUT2D eigenvalue weighted by Gasteiger charge is -2.69. The summed E-state index contributed by atoms with van der Waals surface area (Å²) in [6.45, 7) is 13.5. The Morgan fingerprint density at radius 2 is 1.65 bits per heavy atom. The van der Waals surface area contributed by atoms with E-state index >= 15 is 0 Å². The number of carboxylic acid groups (broad SMARTS) is 1. The number of hydrogen-bond donors (Lipinski definition) is 5. The first-order valence-electron chi connectivity index (χ1n) is 19.0. The predicted molar refractivity (Wildman–Crippen MR) is 212 cm³/mol. The number of ether oxygens (including phenoxy) is 1. The van der Waals surface area contributed by atoms with Crippen molar-refractivity contribution in [2.45, 2.75) is 108 Å². The number of nitrogens with one attached hydrogen (secondary N) is 2. The van der Waals surface area contributed by atoms with Gasteiger partial charge in [-0.25, -0.2) is 9.78 Å². The van der Waals surface area contributed by atoms with Crippen LogP contribution in [0, 0.1) is 34.5 Å². The maximum absolute atomic E-state index is 12.3. The van der Waals surface area contributed by atoms with Gasteiger partial charge in [0.15, 0.2) is 11.5 Å². The molecule has 3 aromatic carbocycles. The fourth-order valence-electron chi connectivity index (χ4n) is 10.8. The summed E-state index contributed by atoms with van der Waals surface area (Å²) in [4.78, 5) is 33.0. The van der Waals surface area contributed by atoms with E-state index in [0.717, 1.165) is 78.4 Å². The smallest absolute Gasteiger partial charge is 0.413 e. The highest BCUT2D eigenvalue weighted by Crippen LogP contribution is 2.74. The first-order chi connectivity index (χ1) is 25.5. The topological polar surface area (TPSA) is 145 Å². The Labute approximate surface area is 322 Å². The molecule has 4 aromatic rings. The van der Waals surface area contributed by atoms with Crippen LogP contribution in [0.25, 0.3) is 11.0 Å². The lowest BCUT2D eigenvalue weighted by Crippen LogP contribution is -2.62. The molecule has 54 heavy (non-hydrogen) atoms. The van der Waals surface area contributed by atoms with E-state index in [9.17, 15) is 24.9 Å². The van der Waals surface area contributed by atoms with E-state index < -0.39 is 17.5 Å². The number of fused-ring (bicyclic) bond motifs is 8. The number of nitrogens with zero attached hydrogens (tertiary/aromatic N) is 1. The molecule has 0 radical (unpaired) electrons. The van der Waals surface area contributed by atoms with Crippen molar-refractivity contribution in [2.24, 2.45) is 27.6 Å². The first kappa shape index (κ1) is 37.9. The average molecular weight is 752 g/mol. The highest BCUT2D eigenvalue weighted by Gasteiger charge is 2.67. The van der Waals surface area contributed by atoms with Gasteiger partial charge < -0.3 is 25.0 Å². The van der Waals surface area contributed by atoms with Crippen molar-refractivity contribution in [3.05, 3.63) is 82.9 Å². The molecule has 8 rings (SSSR count). The lowest BCUT2D eigenvalue weighted by molar-refractivity contribution is -0.177. The molecule has 1 heterocycles. The summed E-state index contributed by atoms with van der Waals surface area (Å²) >= 11 is 1.67. The number of anilines is 1. The normalized spacial score (nSPS) is 31.0. The summed E-state index contributed by atoms with van der Waals surface area (Å²) in [6.07, 6.45) is 9.48. The number of rotatable bonds is 4. The number of carbonyl (C=O) groups excluding carboxylic acids is 1. The van der Waals surface area contributed by atoms with Gasteiger partial charge in [-0.15, -0.1) is 0 Å². The molecular formula is C44H53N3O6S. The molecule has 0 spiro atoms. The Hall–Kier alpha value is -4.44. The molecule has 1 aromatic heterocycles. The Morgan fingerprint density at radius 3 is 2.35 bits per heavy atom. The highest BCUT2D eigenvalue weighted by molar-refractivity contribution is 7.99. The van der Waals surface area contributed by atoms with E-state index in [-0.39, 0.29) is 33.2 Å². The molecule has 1 amide bonds. The number of aliphatic carboxylic acids is 1. The first-order valence-corrected chi connectivity index (χ1v) is 19.9. The van der Waals surface area contributed by atoms with Gasteiger partial charge in [-0.1, -0.05) is 69.3 Å². The van der Waals surface area contributed by atoms with Gasteiger partial charge in [0.2, 0.25) is 5.95 Å². The molecule has 3 saturated carbocycles. The highest BCUT2D eigenvalue weighted by atomic mass is 32.2. The van der Waals surface area contributed by atoms with Gasteiger partial charge in [0.05, 0.1) is 23.6 Å². The monoisotopic (exact) mass is 751 g/mol. The van der Waals surface area contributed by atoms with Crippen LogP contribution in [0.3, 0.4) is 0 Å². The van der Waals surface area contributed by atoms with Gasteiger partial charge in [0.25, 0.3) is 0 Å². The molecule has 3 fully saturated rings. The van der Waals surface area contributed by atoms with E-state index in [1.165, 1.54) is 23.1 Å². The Morgan fingerprint density at radius 1 is 0.926 bits per heavy atom. The number of benzene rings is 3. The molecule has 10 heteroatoms. The molecule has 286 valence electrons. The fraction of sp³-hybridized carbons (Fsp3) is 0.477. The molecule has 4 aliphatic rings. The number of phenolic OH excluding ortho intramolecular Hbond substituents is 2. The molecule has 6 unspecified atom stereocenters. The standard InChI is InChI=1S/C29H40O4.C15H13N3O2S/c1-17-18-7-8-21-27(4,19(18)15-20(30)23(17)31)12-14-29(6)22-16-26(3,24(32)33)10-9-25(22,2)11-13-28(21,29)5;1-20-15(19)18-14-16-12-8-7-11(9-13(12)17-14)21-10-5-3-2-4-6-10/h8,15,22,30-31H,7,9-14,16H2,1-6H3,(H,32,33);2-9H,1H3,(H2,16,17,18,19). The van der Waals surface area contributed by atoms with Crippen LogP contribution in [-0.4, -0.2) is 44.5 Å². The number of carbonyl (C=O) groups is 2. The van der Waals surface area contributed by atoms with Crippen molar-refractivity contribution >= 4 is 40.8 Å². The molecule has 9 nitrogen and oxygen atoms in total. The van der Waals surface area contributed by atoms with Gasteiger partial charge in [-0.05, 0) is 140 Å². The third kappa shape index (κ3) is 6.05. The fourth-order valence-corrected chi connectivity index (χ4v) is 11.7. The number of aromatic nitrogens is 2. The average Bonchev–Trinajstić information content (AvgIpc) is 3.55. The van der Waals surface area contributed by atoms with E-state index in [0.29, 0.717) is 11.9 Å². The van der Waals surface area contributed by atoms with Crippen LogP contribution in [0.15, 0.2) is 76.0 Å². The number of imidazole rings is 1. The van der Waals surface area contributed by atoms with Crippen molar-refractivity contribution in [3.8, 4) is 11.5 Å². The van der Waals surface area contributed by atoms with E-state index in [2.05, 4.69) is 65.9 Å². The minimum absolute atomic E-state index is 0.00431. The summed E-state index contributed by atoms with van der Waals surface area (Å²) < 4.78 is 4.54. The summed E-state index contributed by atoms with van der Waals surface area (Å²) in [5, 5.41) is 33.4. The number of H-pyrrole nitrogens is 1. The second-order valence-electron chi connectivity index (χ2n) is 17.4. The maximum atomic E-state index is 12.3. The van der Waals surface area contributed by atoms with Gasteiger partial charge >= 0.3 is 12.1 Å². The third-order valence-electron chi connectivity index (χ3n) is 14.4. The van der Waals surface area contributed by atoms with E-state index in [4.69, 9.17) is 0 Å². The largest absolute Gasteiger partial charge is 0.504 e.